The molecule has 1 aromatic carbocycles. The molecule has 0 unspecified atom stereocenters. The van der Waals surface area contributed by atoms with Crippen LogP contribution in [0.15, 0.2) is 30.3 Å². The van der Waals surface area contributed by atoms with Gasteiger partial charge in [-0.3, -0.25) is 24.0 Å². The number of rotatable bonds is 17. The minimum Gasteiger partial charge on any atom is -0.467 e. The Morgan fingerprint density at radius 3 is 1.41 bits per heavy atom. The Labute approximate surface area is 323 Å². The van der Waals surface area contributed by atoms with Crippen molar-refractivity contribution in [2.45, 2.75) is 130 Å². The zero-order valence-electron chi connectivity index (χ0n) is 34.0. The highest BCUT2D eigenvalue weighted by molar-refractivity contribution is 7.80. The molecule has 0 heterocycles. The van der Waals surface area contributed by atoms with Gasteiger partial charge >= 0.3 is 12.1 Å². The molecule has 16 nitrogen and oxygen atoms in total. The van der Waals surface area contributed by atoms with E-state index in [0.29, 0.717) is 0 Å². The maximum absolute atomic E-state index is 13.6. The lowest BCUT2D eigenvalue weighted by molar-refractivity contribution is -0.146. The average Bonchev–Trinajstić information content (AvgIpc) is 3.04. The number of nitrogens with one attached hydrogen (secondary N) is 7. The maximum atomic E-state index is 13.6. The quantitative estimate of drug-likeness (QED) is 0.0894. The monoisotopic (exact) mass is 777 g/mol. The third kappa shape index (κ3) is 13.2. The van der Waals surface area contributed by atoms with Crippen molar-refractivity contribution in [3.8, 4) is 0 Å². The van der Waals surface area contributed by atoms with Gasteiger partial charge in [0.05, 0.1) is 18.6 Å². The van der Waals surface area contributed by atoms with E-state index in [1.54, 1.807) is 52.0 Å². The fourth-order valence-corrected chi connectivity index (χ4v) is 4.80. The molecule has 0 saturated heterocycles. The van der Waals surface area contributed by atoms with E-state index in [9.17, 15) is 33.6 Å². The Bertz CT molecular complexity index is 1590. The molecule has 0 spiro atoms. The lowest BCUT2D eigenvalue weighted by Gasteiger charge is -2.38. The predicted octanol–water partition coefficient (Wildman–Crippen LogP) is 1.89. The fourth-order valence-electron chi connectivity index (χ4n) is 4.48. The Kier molecular flexibility index (Phi) is 15.8. The van der Waals surface area contributed by atoms with Gasteiger partial charge < -0.3 is 46.7 Å². The molecule has 0 saturated carbocycles. The summed E-state index contributed by atoms with van der Waals surface area (Å²) >= 11 is 5.24. The average molecular weight is 778 g/mol. The van der Waals surface area contributed by atoms with Crippen LogP contribution in [0.2, 0.25) is 0 Å². The zero-order valence-corrected chi connectivity index (χ0v) is 34.8. The second-order valence-corrected chi connectivity index (χ2v) is 16.7. The van der Waals surface area contributed by atoms with Crippen LogP contribution in [0.5, 0.6) is 0 Å². The normalized spacial score (nSPS) is 13.3. The molecule has 0 aliphatic rings. The van der Waals surface area contributed by atoms with Crippen molar-refractivity contribution in [3.63, 3.8) is 0 Å². The molecule has 17 heteroatoms. The molecule has 0 aliphatic carbocycles. The molecule has 1 atom stereocenters. The van der Waals surface area contributed by atoms with E-state index >= 15 is 0 Å². The molecule has 1 aromatic rings. The van der Waals surface area contributed by atoms with E-state index in [0.717, 1.165) is 5.56 Å². The van der Waals surface area contributed by atoms with E-state index in [2.05, 4.69) is 37.2 Å². The minimum atomic E-state index is -1.59. The Morgan fingerprint density at radius 1 is 0.593 bits per heavy atom. The number of amides is 6. The summed E-state index contributed by atoms with van der Waals surface area (Å²) in [6.07, 6.45) is -0.820. The second kappa shape index (κ2) is 18.0. The standard InChI is InChI=1S/C37H59N7O9S/c1-22(2)37(13,44-31(51)53-21-23-18-16-15-17-19-23)29(49)43-35(9,10)28(48)42-34(7,8)27(47)41-33(5,6)26(46)40-32(3,4)25(45)38-20-24(54)39-36(11,12)30(50)52-14/h15-19,22H,20-21H2,1-14H3,(H,38,45)(H,39,54)(H,40,46)(H,41,47)(H,42,48)(H,43,49)(H,44,51)/t37-/m0/s1. The van der Waals surface area contributed by atoms with Crippen LogP contribution in [0.25, 0.3) is 0 Å². The van der Waals surface area contributed by atoms with Crippen molar-refractivity contribution in [2.75, 3.05) is 13.7 Å². The number of esters is 1. The molecule has 0 bridgehead atoms. The fraction of sp³-hybridized carbons (Fsp3) is 0.622. The number of carbonyl (C=O) groups is 7. The third-order valence-corrected chi connectivity index (χ3v) is 8.98. The zero-order chi connectivity index (χ0) is 42.1. The number of methoxy groups -OCH3 is 1. The third-order valence-electron chi connectivity index (χ3n) is 8.73. The van der Waals surface area contributed by atoms with E-state index < -0.39 is 80.7 Å². The van der Waals surface area contributed by atoms with E-state index in [4.69, 9.17) is 21.7 Å². The van der Waals surface area contributed by atoms with Gasteiger partial charge in [0.1, 0.15) is 39.8 Å². The van der Waals surface area contributed by atoms with Gasteiger partial charge in [0.15, 0.2) is 0 Å². The van der Waals surface area contributed by atoms with Crippen LogP contribution < -0.4 is 37.2 Å². The molecule has 1 rings (SSSR count). The van der Waals surface area contributed by atoms with Crippen molar-refractivity contribution >= 4 is 58.8 Å². The largest absolute Gasteiger partial charge is 0.467 e. The highest BCUT2D eigenvalue weighted by atomic mass is 32.1. The van der Waals surface area contributed by atoms with Crippen LogP contribution in [0.1, 0.15) is 95.6 Å². The van der Waals surface area contributed by atoms with Crippen LogP contribution in [0.4, 0.5) is 4.79 Å². The number of benzene rings is 1. The van der Waals surface area contributed by atoms with E-state index in [1.807, 2.05) is 6.07 Å². The molecular formula is C37H59N7O9S. The summed E-state index contributed by atoms with van der Waals surface area (Å²) in [5.41, 5.74) is -8.05. The number of alkyl carbamates (subject to hydrolysis) is 1. The first kappa shape index (κ1) is 47.2. The highest BCUT2D eigenvalue weighted by Gasteiger charge is 2.45. The number of ether oxygens (including phenoxy) is 2. The molecule has 0 fully saturated rings. The molecule has 302 valence electrons. The summed E-state index contributed by atoms with van der Waals surface area (Å²) in [6, 6.07) is 9.02. The Hall–Kier alpha value is -4.80. The van der Waals surface area contributed by atoms with Crippen molar-refractivity contribution in [2.24, 2.45) is 5.92 Å². The highest BCUT2D eigenvalue weighted by Crippen LogP contribution is 2.20. The molecule has 54 heavy (non-hydrogen) atoms. The summed E-state index contributed by atoms with van der Waals surface area (Å²) < 4.78 is 10.0. The SMILES string of the molecule is COC(=O)C(C)(C)NC(=S)CNC(=O)C(C)(C)NC(=O)C(C)(C)NC(=O)C(C)(C)NC(=O)C(C)(C)NC(=O)[C@@](C)(NC(=O)OCc1ccccc1)C(C)C. The summed E-state index contributed by atoms with van der Waals surface area (Å²) in [5, 5.41) is 18.6. The van der Waals surface area contributed by atoms with Crippen molar-refractivity contribution in [1.29, 1.82) is 0 Å². The van der Waals surface area contributed by atoms with Gasteiger partial charge in [-0.1, -0.05) is 56.4 Å². The summed E-state index contributed by atoms with van der Waals surface area (Å²) in [5.74, 6) is -4.40. The predicted molar refractivity (Wildman–Crippen MR) is 207 cm³/mol. The molecule has 6 amide bonds. The number of carbonyl (C=O) groups excluding carboxylic acids is 7. The van der Waals surface area contributed by atoms with Crippen LogP contribution in [-0.2, 0) is 44.8 Å². The van der Waals surface area contributed by atoms with Gasteiger partial charge in [-0.05, 0) is 87.6 Å². The number of thiocarbonyl (C=S) groups is 1. The van der Waals surface area contributed by atoms with Gasteiger partial charge in [0, 0.05) is 0 Å². The van der Waals surface area contributed by atoms with Gasteiger partial charge in [-0.15, -0.1) is 0 Å². The van der Waals surface area contributed by atoms with Crippen LogP contribution in [0, 0.1) is 5.92 Å². The lowest BCUT2D eigenvalue weighted by Crippen LogP contribution is -2.69. The summed E-state index contributed by atoms with van der Waals surface area (Å²) in [7, 11) is 1.24. The molecule has 0 aliphatic heterocycles. The van der Waals surface area contributed by atoms with Crippen molar-refractivity contribution < 1.29 is 43.0 Å². The van der Waals surface area contributed by atoms with Crippen molar-refractivity contribution in [1.82, 2.24) is 37.2 Å². The first-order valence-electron chi connectivity index (χ1n) is 17.4. The van der Waals surface area contributed by atoms with Gasteiger partial charge in [-0.25, -0.2) is 9.59 Å². The van der Waals surface area contributed by atoms with E-state index in [-0.39, 0.29) is 18.1 Å². The summed E-state index contributed by atoms with van der Waals surface area (Å²) in [4.78, 5) is 91.7. The molecule has 0 radical (unpaired) electrons. The topological polar surface area (TPSA) is 222 Å². The lowest BCUT2D eigenvalue weighted by atomic mass is 9.86. The maximum Gasteiger partial charge on any atom is 0.408 e. The van der Waals surface area contributed by atoms with Gasteiger partial charge in [0.25, 0.3) is 0 Å². The second-order valence-electron chi connectivity index (χ2n) is 16.2. The Balaban J connectivity index is 2.90. The number of hydrogen-bond acceptors (Lipinski definition) is 10. The van der Waals surface area contributed by atoms with Gasteiger partial charge in [-0.2, -0.15) is 0 Å². The first-order chi connectivity index (χ1) is 24.4. The van der Waals surface area contributed by atoms with Gasteiger partial charge in [0.2, 0.25) is 29.5 Å². The van der Waals surface area contributed by atoms with Crippen molar-refractivity contribution in [3.05, 3.63) is 35.9 Å². The smallest absolute Gasteiger partial charge is 0.408 e. The Morgan fingerprint density at radius 2 is 1.00 bits per heavy atom. The van der Waals surface area contributed by atoms with E-state index in [1.165, 1.54) is 69.4 Å². The molecule has 0 aromatic heterocycles. The summed E-state index contributed by atoms with van der Waals surface area (Å²) in [6.45, 7) is 19.5. The van der Waals surface area contributed by atoms with Crippen LogP contribution >= 0.6 is 12.2 Å². The molecular weight excluding hydrogens is 719 g/mol. The van der Waals surface area contributed by atoms with Crippen LogP contribution in [-0.4, -0.2) is 93.5 Å². The minimum absolute atomic E-state index is 0.00825. The van der Waals surface area contributed by atoms with Crippen LogP contribution in [0.3, 0.4) is 0 Å². The molecule has 7 N–H and O–H groups in total. The number of hydrogen-bond donors (Lipinski definition) is 7. The first-order valence-corrected chi connectivity index (χ1v) is 17.8.